The van der Waals surface area contributed by atoms with Crippen LogP contribution in [0.4, 0.5) is 5.69 Å². The molecule has 1 aliphatic carbocycles. The number of hydrogen-bond acceptors (Lipinski definition) is 5. The molecule has 0 radical (unpaired) electrons. The molecule has 0 bridgehead atoms. The van der Waals surface area contributed by atoms with E-state index in [1.807, 2.05) is 30.3 Å². The van der Waals surface area contributed by atoms with E-state index < -0.39 is 11.9 Å². The van der Waals surface area contributed by atoms with E-state index in [9.17, 15) is 4.79 Å². The molecule has 5 nitrogen and oxygen atoms in total. The van der Waals surface area contributed by atoms with E-state index in [-0.39, 0.29) is 5.78 Å². The molecule has 1 aromatic carbocycles. The third-order valence-corrected chi connectivity index (χ3v) is 3.44. The third kappa shape index (κ3) is 3.32. The molecule has 19 heavy (non-hydrogen) atoms. The Morgan fingerprint density at radius 2 is 1.89 bits per heavy atom. The Kier molecular flexibility index (Phi) is 4.52. The molecule has 5 heteroatoms. The topological polar surface area (TPSA) is 56.8 Å². The van der Waals surface area contributed by atoms with Gasteiger partial charge in [-0.15, -0.1) is 0 Å². The van der Waals surface area contributed by atoms with E-state index >= 15 is 0 Å². The molecular weight excluding hydrogens is 246 g/mol. The highest BCUT2D eigenvalue weighted by Crippen LogP contribution is 2.31. The predicted molar refractivity (Wildman–Crippen MR) is 70.5 cm³/mol. The maximum absolute atomic E-state index is 11.9. The molecule has 0 saturated heterocycles. The Morgan fingerprint density at radius 3 is 2.53 bits per heavy atom. The number of ether oxygens (including phenoxy) is 2. The van der Waals surface area contributed by atoms with Crippen LogP contribution in [0.3, 0.4) is 0 Å². The van der Waals surface area contributed by atoms with Crippen molar-refractivity contribution in [3.63, 3.8) is 0 Å². The summed E-state index contributed by atoms with van der Waals surface area (Å²) in [4.78, 5) is 17.3. The first-order valence-corrected chi connectivity index (χ1v) is 6.29. The number of rotatable bonds is 5. The molecule has 104 valence electrons. The Hall–Kier alpha value is -1.43. The third-order valence-electron chi connectivity index (χ3n) is 3.44. The average Bonchev–Trinajstić information content (AvgIpc) is 2.48. The molecule has 0 aromatic heterocycles. The smallest absolute Gasteiger partial charge is 0.170 e. The molecule has 0 spiro atoms. The monoisotopic (exact) mass is 265 g/mol. The Bertz CT molecular complexity index is 417. The molecule has 1 aliphatic rings. The van der Waals surface area contributed by atoms with Crippen LogP contribution in [0.15, 0.2) is 30.3 Å². The van der Waals surface area contributed by atoms with Gasteiger partial charge in [0.05, 0.1) is 5.69 Å². The van der Waals surface area contributed by atoms with Crippen molar-refractivity contribution in [2.45, 2.75) is 31.2 Å². The number of para-hydroxylation sites is 1. The highest BCUT2D eigenvalue weighted by Gasteiger charge is 2.41. The summed E-state index contributed by atoms with van der Waals surface area (Å²) >= 11 is 0. The summed E-state index contributed by atoms with van der Waals surface area (Å²) in [6.07, 6.45) is 0.778. The molecule has 1 fully saturated rings. The van der Waals surface area contributed by atoms with Gasteiger partial charge in [0.25, 0.3) is 0 Å². The molecule has 0 aliphatic heterocycles. The van der Waals surface area contributed by atoms with Crippen LogP contribution in [-0.2, 0) is 19.1 Å². The fourth-order valence-corrected chi connectivity index (χ4v) is 2.18. The van der Waals surface area contributed by atoms with Crippen molar-refractivity contribution < 1.29 is 19.1 Å². The lowest BCUT2D eigenvalue weighted by Crippen LogP contribution is -2.46. The normalized spacial score (nSPS) is 22.2. The van der Waals surface area contributed by atoms with Crippen molar-refractivity contribution >= 4 is 11.5 Å². The van der Waals surface area contributed by atoms with Gasteiger partial charge in [-0.25, -0.2) is 0 Å². The second-order valence-corrected chi connectivity index (χ2v) is 4.56. The van der Waals surface area contributed by atoms with Gasteiger partial charge >= 0.3 is 0 Å². The Labute approximate surface area is 112 Å². The fraction of sp³-hybridized carbons (Fsp3) is 0.500. The number of benzene rings is 1. The Morgan fingerprint density at radius 1 is 1.21 bits per heavy atom. The van der Waals surface area contributed by atoms with E-state index in [1.54, 1.807) is 14.2 Å². The largest absolute Gasteiger partial charge is 0.353 e. The van der Waals surface area contributed by atoms with E-state index in [2.05, 4.69) is 5.48 Å². The van der Waals surface area contributed by atoms with Crippen molar-refractivity contribution in [1.82, 2.24) is 0 Å². The highest BCUT2D eigenvalue weighted by atomic mass is 16.7. The number of carbonyl (C=O) groups excluding carboxylic acids is 1. The maximum Gasteiger partial charge on any atom is 0.170 e. The van der Waals surface area contributed by atoms with Gasteiger partial charge in [0.15, 0.2) is 11.6 Å². The van der Waals surface area contributed by atoms with Crippen LogP contribution in [-0.4, -0.2) is 31.9 Å². The Balaban J connectivity index is 1.96. The van der Waals surface area contributed by atoms with Crippen LogP contribution >= 0.6 is 0 Å². The van der Waals surface area contributed by atoms with Crippen LogP contribution in [0.1, 0.15) is 19.3 Å². The molecule has 2 rings (SSSR count). The van der Waals surface area contributed by atoms with Crippen LogP contribution < -0.4 is 5.48 Å². The summed E-state index contributed by atoms with van der Waals surface area (Å²) < 4.78 is 10.8. The van der Waals surface area contributed by atoms with E-state index in [1.165, 1.54) is 0 Å². The van der Waals surface area contributed by atoms with Gasteiger partial charge in [-0.05, 0) is 12.1 Å². The van der Waals surface area contributed by atoms with Crippen LogP contribution in [0.5, 0.6) is 0 Å². The molecule has 0 heterocycles. The molecule has 1 aromatic rings. The summed E-state index contributed by atoms with van der Waals surface area (Å²) in [5.74, 6) is -0.662. The zero-order chi connectivity index (χ0) is 13.7. The highest BCUT2D eigenvalue weighted by molar-refractivity contribution is 5.84. The van der Waals surface area contributed by atoms with Gasteiger partial charge in [-0.2, -0.15) is 0 Å². The lowest BCUT2D eigenvalue weighted by Gasteiger charge is -2.37. The van der Waals surface area contributed by atoms with E-state index in [4.69, 9.17) is 14.3 Å². The SMILES string of the molecule is COC1(OC)CCC(=O)[C@H](ONc2ccccc2)C1. The molecule has 0 unspecified atom stereocenters. The first-order valence-electron chi connectivity index (χ1n) is 6.29. The zero-order valence-electron chi connectivity index (χ0n) is 11.2. The number of Topliss-reactive ketones (excluding diaryl/α,β-unsaturated/α-hetero) is 1. The van der Waals surface area contributed by atoms with Gasteiger partial charge < -0.3 is 9.47 Å². The van der Waals surface area contributed by atoms with Gasteiger partial charge in [0.2, 0.25) is 0 Å². The average molecular weight is 265 g/mol. The predicted octanol–water partition coefficient (Wildman–Crippen LogP) is 2.14. The van der Waals surface area contributed by atoms with Gasteiger partial charge in [0, 0.05) is 33.5 Å². The maximum atomic E-state index is 11.9. The van der Waals surface area contributed by atoms with Crippen molar-refractivity contribution in [2.24, 2.45) is 0 Å². The van der Waals surface area contributed by atoms with Crippen LogP contribution in [0.25, 0.3) is 0 Å². The number of hydrogen-bond donors (Lipinski definition) is 1. The number of ketones is 1. The summed E-state index contributed by atoms with van der Waals surface area (Å²) in [6, 6.07) is 9.43. The lowest BCUT2D eigenvalue weighted by atomic mass is 9.90. The van der Waals surface area contributed by atoms with Crippen molar-refractivity contribution in [3.8, 4) is 0 Å². The molecule has 1 N–H and O–H groups in total. The summed E-state index contributed by atoms with van der Waals surface area (Å²) in [7, 11) is 3.17. The first kappa shape index (κ1) is 14.0. The molecule has 1 saturated carbocycles. The minimum absolute atomic E-state index is 0.0631. The van der Waals surface area contributed by atoms with Crippen LogP contribution in [0.2, 0.25) is 0 Å². The minimum atomic E-state index is -0.725. The zero-order valence-corrected chi connectivity index (χ0v) is 11.2. The quantitative estimate of drug-likeness (QED) is 0.653. The second kappa shape index (κ2) is 6.14. The number of methoxy groups -OCH3 is 2. The minimum Gasteiger partial charge on any atom is -0.353 e. The number of anilines is 1. The summed E-state index contributed by atoms with van der Waals surface area (Å²) in [6.45, 7) is 0. The van der Waals surface area contributed by atoms with E-state index in [0.717, 1.165) is 5.69 Å². The summed E-state index contributed by atoms with van der Waals surface area (Å²) in [5, 5.41) is 0. The second-order valence-electron chi connectivity index (χ2n) is 4.56. The fourth-order valence-electron chi connectivity index (χ4n) is 2.18. The number of nitrogens with one attached hydrogen (secondary N) is 1. The van der Waals surface area contributed by atoms with Crippen molar-refractivity contribution in [2.75, 3.05) is 19.7 Å². The van der Waals surface area contributed by atoms with Gasteiger partial charge in [-0.1, -0.05) is 18.2 Å². The van der Waals surface area contributed by atoms with Crippen LogP contribution in [0, 0.1) is 0 Å². The first-order chi connectivity index (χ1) is 9.19. The summed E-state index contributed by atoms with van der Waals surface area (Å²) in [5.41, 5.74) is 3.61. The molecule has 0 amide bonds. The molecule has 1 atom stereocenters. The van der Waals surface area contributed by atoms with Crippen molar-refractivity contribution in [1.29, 1.82) is 0 Å². The van der Waals surface area contributed by atoms with Gasteiger partial charge in [0.1, 0.15) is 6.10 Å². The number of carbonyl (C=O) groups is 1. The standard InChI is InChI=1S/C14H19NO4/c1-17-14(18-2)9-8-12(16)13(10-14)19-15-11-6-4-3-5-7-11/h3-7,13,15H,8-10H2,1-2H3/t13-/m1/s1. The van der Waals surface area contributed by atoms with Crippen molar-refractivity contribution in [3.05, 3.63) is 30.3 Å². The van der Waals surface area contributed by atoms with E-state index in [0.29, 0.717) is 19.3 Å². The lowest BCUT2D eigenvalue weighted by molar-refractivity contribution is -0.235. The van der Waals surface area contributed by atoms with Gasteiger partial charge in [-0.3, -0.25) is 15.1 Å². The molecular formula is C14H19NO4.